The minimum atomic E-state index is -0.568. The first-order valence-corrected chi connectivity index (χ1v) is 10.5. The lowest BCUT2D eigenvalue weighted by molar-refractivity contribution is -0.133. The van der Waals surface area contributed by atoms with E-state index in [2.05, 4.69) is 20.2 Å². The summed E-state index contributed by atoms with van der Waals surface area (Å²) in [5, 5.41) is 3.76. The van der Waals surface area contributed by atoms with Crippen LogP contribution in [0.4, 0.5) is 5.13 Å². The fourth-order valence-corrected chi connectivity index (χ4v) is 4.37. The van der Waals surface area contributed by atoms with Gasteiger partial charge in [0.25, 0.3) is 5.91 Å². The molecule has 2 aromatic heterocycles. The number of carbonyl (C=O) groups is 2. The molecule has 29 heavy (non-hydrogen) atoms. The minimum Gasteiger partial charge on any atom is -0.344 e. The molecule has 0 bridgehead atoms. The summed E-state index contributed by atoms with van der Waals surface area (Å²) in [6.07, 6.45) is 1.77. The zero-order valence-electron chi connectivity index (χ0n) is 16.5. The summed E-state index contributed by atoms with van der Waals surface area (Å²) in [4.78, 5) is 39.1. The van der Waals surface area contributed by atoms with Gasteiger partial charge in [0.05, 0.1) is 0 Å². The van der Waals surface area contributed by atoms with Gasteiger partial charge in [0, 0.05) is 37.9 Å². The molecule has 0 radical (unpaired) electrons. The van der Waals surface area contributed by atoms with Gasteiger partial charge < -0.3 is 15.1 Å². The molecule has 1 saturated heterocycles. The molecule has 0 spiro atoms. The number of piperazine rings is 1. The molecule has 1 aliphatic heterocycles. The molecule has 0 saturated carbocycles. The third kappa shape index (κ3) is 4.22. The Labute approximate surface area is 173 Å². The highest BCUT2D eigenvalue weighted by atomic mass is 32.1. The highest BCUT2D eigenvalue weighted by Gasteiger charge is 2.27. The van der Waals surface area contributed by atoms with Gasteiger partial charge in [0.2, 0.25) is 5.91 Å². The molecular formula is C21H23N5O2S. The van der Waals surface area contributed by atoms with Crippen molar-refractivity contribution in [1.82, 2.24) is 20.2 Å². The Hall–Kier alpha value is -3.00. The molecule has 1 fully saturated rings. The normalized spacial score (nSPS) is 15.4. The number of nitrogens with one attached hydrogen (secondary N) is 1. The Morgan fingerprint density at radius 3 is 2.66 bits per heavy atom. The quantitative estimate of drug-likeness (QED) is 0.716. The summed E-state index contributed by atoms with van der Waals surface area (Å²) < 4.78 is 0. The van der Waals surface area contributed by atoms with Crippen molar-refractivity contribution in [3.8, 4) is 0 Å². The highest BCUT2D eigenvalue weighted by molar-refractivity contribution is 7.21. The van der Waals surface area contributed by atoms with Crippen molar-refractivity contribution in [2.45, 2.75) is 19.9 Å². The first-order chi connectivity index (χ1) is 14.0. The largest absolute Gasteiger partial charge is 0.344 e. The van der Waals surface area contributed by atoms with Crippen LogP contribution >= 0.6 is 11.3 Å². The van der Waals surface area contributed by atoms with E-state index in [4.69, 9.17) is 0 Å². The zero-order chi connectivity index (χ0) is 20.4. The number of aromatic nitrogens is 2. The van der Waals surface area contributed by atoms with Crippen molar-refractivity contribution in [2.24, 2.45) is 0 Å². The Bertz CT molecular complexity index is 1010. The van der Waals surface area contributed by atoms with Crippen LogP contribution in [0.1, 0.15) is 22.8 Å². The molecule has 0 aliphatic carbocycles. The molecule has 1 atom stereocenters. The maximum absolute atomic E-state index is 12.8. The third-order valence-corrected chi connectivity index (χ3v) is 6.06. The van der Waals surface area contributed by atoms with Crippen LogP contribution < -0.4 is 10.2 Å². The van der Waals surface area contributed by atoms with E-state index >= 15 is 0 Å². The number of nitrogens with zero attached hydrogens (tertiary/aromatic N) is 4. The molecule has 7 nitrogen and oxygen atoms in total. The van der Waals surface area contributed by atoms with Crippen molar-refractivity contribution in [3.05, 3.63) is 53.7 Å². The number of aryl methyl sites for hydroxylation is 1. The van der Waals surface area contributed by atoms with E-state index in [1.165, 1.54) is 0 Å². The van der Waals surface area contributed by atoms with Gasteiger partial charge in [0.1, 0.15) is 16.4 Å². The van der Waals surface area contributed by atoms with Crippen LogP contribution in [-0.4, -0.2) is 58.9 Å². The van der Waals surface area contributed by atoms with Gasteiger partial charge in [-0.25, -0.2) is 9.97 Å². The SMILES string of the molecule is Cc1cccc(C(=O)NC(C)C(=O)N2CCN(c3nc4cccnc4s3)CC2)c1. The van der Waals surface area contributed by atoms with Gasteiger partial charge in [0.15, 0.2) is 5.13 Å². The van der Waals surface area contributed by atoms with Crippen LogP contribution in [0.25, 0.3) is 10.3 Å². The number of fused-ring (bicyclic) bond motifs is 1. The Balaban J connectivity index is 1.34. The van der Waals surface area contributed by atoms with Crippen LogP contribution in [0, 0.1) is 6.92 Å². The van der Waals surface area contributed by atoms with E-state index in [1.807, 2.05) is 42.2 Å². The van der Waals surface area contributed by atoms with Crippen LogP contribution in [0.15, 0.2) is 42.6 Å². The van der Waals surface area contributed by atoms with E-state index in [0.717, 1.165) is 21.0 Å². The van der Waals surface area contributed by atoms with Crippen molar-refractivity contribution < 1.29 is 9.59 Å². The lowest BCUT2D eigenvalue weighted by Gasteiger charge is -2.35. The van der Waals surface area contributed by atoms with Crippen LogP contribution in [-0.2, 0) is 4.79 Å². The predicted octanol–water partition coefficient (Wildman–Crippen LogP) is 2.47. The third-order valence-electron chi connectivity index (χ3n) is 5.02. The first kappa shape index (κ1) is 19.3. The van der Waals surface area contributed by atoms with Gasteiger partial charge >= 0.3 is 0 Å². The number of anilines is 1. The van der Waals surface area contributed by atoms with Crippen molar-refractivity contribution in [2.75, 3.05) is 31.1 Å². The fourth-order valence-electron chi connectivity index (χ4n) is 3.41. The zero-order valence-corrected chi connectivity index (χ0v) is 17.3. The summed E-state index contributed by atoms with van der Waals surface area (Å²) in [5.41, 5.74) is 2.48. The average molecular weight is 410 g/mol. The van der Waals surface area contributed by atoms with E-state index in [1.54, 1.807) is 30.5 Å². The number of rotatable bonds is 4. The van der Waals surface area contributed by atoms with E-state index < -0.39 is 6.04 Å². The number of thiazole rings is 1. The molecule has 150 valence electrons. The standard InChI is InChI=1S/C21H23N5O2S/c1-14-5-3-6-16(13-14)18(27)23-15(2)20(28)25-9-11-26(12-10-25)21-24-17-7-4-8-22-19(17)29-21/h3-8,13,15H,9-12H2,1-2H3,(H,23,27). The van der Waals surface area contributed by atoms with Gasteiger partial charge in [-0.1, -0.05) is 29.0 Å². The topological polar surface area (TPSA) is 78.4 Å². The lowest BCUT2D eigenvalue weighted by Crippen LogP contribution is -2.54. The summed E-state index contributed by atoms with van der Waals surface area (Å²) in [6.45, 7) is 6.31. The maximum atomic E-state index is 12.8. The molecule has 1 N–H and O–H groups in total. The van der Waals surface area contributed by atoms with Gasteiger partial charge in [-0.3, -0.25) is 9.59 Å². The number of hydrogen-bond donors (Lipinski definition) is 1. The Morgan fingerprint density at radius 1 is 1.14 bits per heavy atom. The van der Waals surface area contributed by atoms with Crippen molar-refractivity contribution >= 4 is 38.6 Å². The maximum Gasteiger partial charge on any atom is 0.251 e. The van der Waals surface area contributed by atoms with Crippen LogP contribution in [0.5, 0.6) is 0 Å². The van der Waals surface area contributed by atoms with Gasteiger partial charge in [-0.15, -0.1) is 0 Å². The summed E-state index contributed by atoms with van der Waals surface area (Å²) in [6, 6.07) is 10.6. The second kappa shape index (κ2) is 8.16. The molecule has 1 aliphatic rings. The number of carbonyl (C=O) groups excluding carboxylic acids is 2. The molecule has 3 heterocycles. The van der Waals surface area contributed by atoms with Crippen molar-refractivity contribution in [3.63, 3.8) is 0 Å². The highest BCUT2D eigenvalue weighted by Crippen LogP contribution is 2.27. The summed E-state index contributed by atoms with van der Waals surface area (Å²) in [7, 11) is 0. The minimum absolute atomic E-state index is 0.0587. The number of amides is 2. The molecule has 3 aromatic rings. The van der Waals surface area contributed by atoms with E-state index in [-0.39, 0.29) is 11.8 Å². The monoisotopic (exact) mass is 409 g/mol. The molecule has 4 rings (SSSR count). The predicted molar refractivity (Wildman–Crippen MR) is 114 cm³/mol. The smallest absolute Gasteiger partial charge is 0.251 e. The van der Waals surface area contributed by atoms with E-state index in [0.29, 0.717) is 31.7 Å². The second-order valence-electron chi connectivity index (χ2n) is 7.20. The Morgan fingerprint density at radius 2 is 1.93 bits per heavy atom. The number of benzene rings is 1. The second-order valence-corrected chi connectivity index (χ2v) is 8.16. The van der Waals surface area contributed by atoms with Crippen LogP contribution in [0.2, 0.25) is 0 Å². The molecule has 2 amide bonds. The van der Waals surface area contributed by atoms with Crippen molar-refractivity contribution in [1.29, 1.82) is 0 Å². The summed E-state index contributed by atoms with van der Waals surface area (Å²) in [5.74, 6) is -0.285. The average Bonchev–Trinajstić information content (AvgIpc) is 3.17. The number of hydrogen-bond acceptors (Lipinski definition) is 6. The lowest BCUT2D eigenvalue weighted by atomic mass is 10.1. The first-order valence-electron chi connectivity index (χ1n) is 9.64. The van der Waals surface area contributed by atoms with Gasteiger partial charge in [-0.2, -0.15) is 0 Å². The van der Waals surface area contributed by atoms with E-state index in [9.17, 15) is 9.59 Å². The molecule has 1 unspecified atom stereocenters. The molecule has 1 aromatic carbocycles. The summed E-state index contributed by atoms with van der Waals surface area (Å²) >= 11 is 1.57. The molecule has 8 heteroatoms. The number of pyridine rings is 1. The van der Waals surface area contributed by atoms with Crippen LogP contribution in [0.3, 0.4) is 0 Å². The van der Waals surface area contributed by atoms with Gasteiger partial charge in [-0.05, 0) is 38.1 Å². The fraction of sp³-hybridized carbons (Fsp3) is 0.333. The molecular weight excluding hydrogens is 386 g/mol. The Kier molecular flexibility index (Phi) is 5.44.